The van der Waals surface area contributed by atoms with Crippen LogP contribution in [0.5, 0.6) is 40.4 Å². The number of carbonyl (C=O) groups excluding carboxylic acids is 4. The van der Waals surface area contributed by atoms with Gasteiger partial charge in [0.1, 0.15) is 81.8 Å². The minimum atomic E-state index is -2.57. The number of halogens is 4. The molecular weight excluding hydrogens is 1580 g/mol. The van der Waals surface area contributed by atoms with Gasteiger partial charge in [0.2, 0.25) is 23.6 Å². The number of amides is 2. The lowest BCUT2D eigenvalue weighted by molar-refractivity contribution is -0.123. The normalized spacial score (nSPS) is 17.8. The average Bonchev–Trinajstić information content (AvgIpc) is 1.83. The van der Waals surface area contributed by atoms with Gasteiger partial charge in [-0.2, -0.15) is 4.98 Å². The number of likely N-dealkylation sites (N-methyl/N-ethyl adjacent to an activating group) is 1. The smallest absolute Gasteiger partial charge is 0.255 e. The fraction of sp³-hybridized carbons (Fsp3) is 0.500. The highest BCUT2D eigenvalue weighted by atomic mass is 35.5. The lowest BCUT2D eigenvalue weighted by Crippen LogP contribution is -2.31. The molecule has 8 aromatic rings. The molecule has 6 aromatic carbocycles. The van der Waals surface area contributed by atoms with Crippen LogP contribution in [0.25, 0.3) is 0 Å². The van der Waals surface area contributed by atoms with Crippen molar-refractivity contribution >= 4 is 63.9 Å². The van der Waals surface area contributed by atoms with E-state index in [0.29, 0.717) is 97.5 Å². The quantitative estimate of drug-likeness (QED) is 0.0376. The molecule has 2 aromatic heterocycles. The van der Waals surface area contributed by atoms with Gasteiger partial charge < -0.3 is 68.3 Å². The molecule has 5 fully saturated rings. The molecule has 4 aliphatic heterocycles. The summed E-state index contributed by atoms with van der Waals surface area (Å²) in [5.41, 5.74) is 6.20. The third-order valence-electron chi connectivity index (χ3n) is 22.2. The molecule has 22 nitrogen and oxygen atoms in total. The van der Waals surface area contributed by atoms with Crippen LogP contribution in [-0.4, -0.2) is 173 Å². The van der Waals surface area contributed by atoms with Gasteiger partial charge >= 0.3 is 0 Å². The molecule has 26 heteroatoms. The van der Waals surface area contributed by atoms with Crippen LogP contribution in [0.3, 0.4) is 0 Å². The van der Waals surface area contributed by atoms with E-state index in [1.54, 1.807) is 36.1 Å². The van der Waals surface area contributed by atoms with Crippen LogP contribution in [0.1, 0.15) is 199 Å². The first-order valence-electron chi connectivity index (χ1n) is 43.4. The van der Waals surface area contributed by atoms with Crippen molar-refractivity contribution in [2.75, 3.05) is 117 Å². The van der Waals surface area contributed by atoms with Crippen molar-refractivity contribution in [3.63, 3.8) is 0 Å². The molecule has 8 atom stereocenters. The lowest BCUT2D eigenvalue weighted by Gasteiger charge is -2.26. The Morgan fingerprint density at radius 3 is 1.25 bits per heavy atom. The maximum absolute atomic E-state index is 14.2. The highest BCUT2D eigenvalue weighted by molar-refractivity contribution is 6.34. The summed E-state index contributed by atoms with van der Waals surface area (Å²) in [6.07, 6.45) is 12.1. The molecule has 0 bridgehead atoms. The zero-order chi connectivity index (χ0) is 87.4. The van der Waals surface area contributed by atoms with Crippen LogP contribution in [0, 0.1) is 11.2 Å². The number of nitrogens with one attached hydrogen (secondary N) is 2. The van der Waals surface area contributed by atoms with Crippen LogP contribution in [-0.2, 0) is 19.2 Å². The number of anilines is 5. The zero-order valence-electron chi connectivity index (χ0n) is 73.3. The molecule has 4 unspecified atom stereocenters. The highest BCUT2D eigenvalue weighted by Crippen LogP contribution is 2.37. The number of benzene rings is 6. The predicted octanol–water partition coefficient (Wildman–Crippen LogP) is 18.6. The molecule has 122 heavy (non-hydrogen) atoms. The van der Waals surface area contributed by atoms with Crippen LogP contribution < -0.4 is 68.3 Å². The first kappa shape index (κ1) is 93.7. The van der Waals surface area contributed by atoms with Crippen molar-refractivity contribution in [1.29, 1.82) is 0 Å². The first-order chi connectivity index (χ1) is 58.6. The van der Waals surface area contributed by atoms with Gasteiger partial charge in [0.05, 0.1) is 70.1 Å². The molecular formula is C96H125ClF3N11O11. The summed E-state index contributed by atoms with van der Waals surface area (Å²) in [6.45, 7) is 29.3. The molecule has 658 valence electrons. The first-order valence-corrected chi connectivity index (χ1v) is 43.8. The Hall–Kier alpha value is -10.6. The molecule has 1 aliphatic carbocycles. The van der Waals surface area contributed by atoms with E-state index in [-0.39, 0.29) is 53.5 Å². The zero-order valence-corrected chi connectivity index (χ0v) is 74.0. The van der Waals surface area contributed by atoms with E-state index in [4.69, 9.17) is 44.8 Å². The van der Waals surface area contributed by atoms with Gasteiger partial charge in [0.15, 0.2) is 17.5 Å². The summed E-state index contributed by atoms with van der Waals surface area (Å²) in [7, 11) is 3.65. The second-order valence-corrected chi connectivity index (χ2v) is 33.8. The summed E-state index contributed by atoms with van der Waals surface area (Å²) in [5, 5.41) is 5.46. The van der Waals surface area contributed by atoms with Crippen molar-refractivity contribution in [3.8, 4) is 40.4 Å². The average molecular weight is 1700 g/mol. The van der Waals surface area contributed by atoms with E-state index in [1.165, 1.54) is 43.2 Å². The number of aromatic nitrogens is 4. The van der Waals surface area contributed by atoms with E-state index >= 15 is 0 Å². The van der Waals surface area contributed by atoms with E-state index in [0.717, 1.165) is 135 Å². The topological polar surface area (TPSA) is 225 Å². The maximum Gasteiger partial charge on any atom is 0.255 e. The lowest BCUT2D eigenvalue weighted by atomic mass is 9.94. The number of nitrogens with zero attached hydrogens (tertiary/aromatic N) is 9. The SMILES string of the molecule is CC(C(=O)NCC(F)F)c1ccc(O[C@@H]2CCN(c3ncnc(OCC(C)(C)C)c3Cl)C2)cc1.CCCC(=O)C(C)c1ccc(O[C@@H]2CCN(c3ccc(OC4CCC4)cc3)C2)cc1.CCCOc1ccc(N2CC[C@@H](Oc3ccc(C(C)C(=O)CCC)cc3)C2)cc1.CCNC(=O)C(C)c1ccc(O[C@@H]2CCN(c3nc(N(C)C)ncc3F)C2)cc1. The Morgan fingerprint density at radius 2 is 0.869 bits per heavy atom. The van der Waals surface area contributed by atoms with Gasteiger partial charge in [-0.3, -0.25) is 19.2 Å². The number of alkyl halides is 2. The summed E-state index contributed by atoms with van der Waals surface area (Å²) in [6, 6.07) is 47.6. The van der Waals surface area contributed by atoms with Crippen molar-refractivity contribution in [2.45, 2.75) is 214 Å². The Labute approximate surface area is 724 Å². The molecule has 4 saturated heterocycles. The molecule has 0 spiro atoms. The second-order valence-electron chi connectivity index (χ2n) is 33.4. The van der Waals surface area contributed by atoms with Crippen molar-refractivity contribution in [2.24, 2.45) is 5.41 Å². The fourth-order valence-corrected chi connectivity index (χ4v) is 14.9. The number of hydrogen-bond donors (Lipinski definition) is 2. The number of carbonyl (C=O) groups is 4. The predicted molar refractivity (Wildman–Crippen MR) is 477 cm³/mol. The van der Waals surface area contributed by atoms with Gasteiger partial charge in [-0.15, -0.1) is 0 Å². The Kier molecular flexibility index (Phi) is 35.4. The summed E-state index contributed by atoms with van der Waals surface area (Å²) < 4.78 is 80.8. The van der Waals surface area contributed by atoms with Crippen molar-refractivity contribution < 1.29 is 65.5 Å². The van der Waals surface area contributed by atoms with Gasteiger partial charge in [-0.1, -0.05) is 116 Å². The van der Waals surface area contributed by atoms with Gasteiger partial charge in [-0.25, -0.2) is 28.1 Å². The number of hydrogen-bond acceptors (Lipinski definition) is 20. The third-order valence-corrected chi connectivity index (χ3v) is 22.5. The molecule has 5 aliphatic rings. The highest BCUT2D eigenvalue weighted by Gasteiger charge is 2.33. The molecule has 0 radical (unpaired) electrons. The third kappa shape index (κ3) is 28.0. The van der Waals surface area contributed by atoms with Gasteiger partial charge in [-0.05, 0) is 184 Å². The number of Topliss-reactive ketones (excluding diaryl/α,β-unsaturated/α-hetero) is 2. The monoisotopic (exact) mass is 1700 g/mol. The van der Waals surface area contributed by atoms with Crippen molar-refractivity contribution in [1.82, 2.24) is 30.6 Å². The Bertz CT molecular complexity index is 4570. The minimum Gasteiger partial charge on any atom is -0.494 e. The Balaban J connectivity index is 0.000000171. The minimum absolute atomic E-state index is 0.0107. The fourth-order valence-electron chi connectivity index (χ4n) is 14.6. The van der Waals surface area contributed by atoms with Crippen LogP contribution in [0.4, 0.5) is 42.1 Å². The summed E-state index contributed by atoms with van der Waals surface area (Å²) >= 11 is 6.53. The molecule has 13 rings (SSSR count). The standard InChI is InChI=1S/C26H33NO3.C25H33NO3.C24H31ClF2N4O3.C21H28FN5O2/c1-3-5-26(28)19(2)20-8-12-23(13-9-20)30-25-16-17-27(18-25)21-10-14-24(15-11-21)29-22-6-4-7-22;1-4-6-25(27)19(3)20-7-11-23(12-8-20)29-24-15-16-26(18-24)21-9-13-22(14-10-21)28-17-5-2;1-15(22(32)28-11-19(26)27)16-5-7-17(8-6-16)34-18-9-10-31(12-18)21-20(25)23(30-14-29-21)33-13-24(2,3)4;1-5-23-20(28)14(2)15-6-8-16(9-7-15)29-17-10-11-27(13-17)19-18(22)12-24-21(25-19)26(3)4/h8-15,19,22,25H,3-7,16-18H2,1-2H3;7-14,19,24H,4-6,15-18H2,1-3H3;5-8,14-15,18-19H,9-13H2,1-4H3,(H,28,32);6-9,12,14,17H,5,10-11,13H2,1-4H3,(H,23,28)/t19?,25-;19?,24-;15?,18-;14?,17-/m1111/s1. The molecule has 6 heterocycles. The van der Waals surface area contributed by atoms with Crippen LogP contribution in [0.15, 0.2) is 158 Å². The number of ether oxygens (including phenoxy) is 7. The number of ketones is 2. The Morgan fingerprint density at radius 1 is 0.484 bits per heavy atom. The summed E-state index contributed by atoms with van der Waals surface area (Å²) in [4.78, 5) is 75.5. The van der Waals surface area contributed by atoms with Crippen molar-refractivity contribution in [3.05, 3.63) is 191 Å². The van der Waals surface area contributed by atoms with E-state index < -0.39 is 30.6 Å². The largest absolute Gasteiger partial charge is 0.494 e. The molecule has 1 saturated carbocycles. The number of rotatable bonds is 35. The second kappa shape index (κ2) is 46.1. The van der Waals surface area contributed by atoms with E-state index in [2.05, 4.69) is 104 Å². The maximum atomic E-state index is 14.2. The van der Waals surface area contributed by atoms with Gasteiger partial charge in [0.25, 0.3) is 6.43 Å². The summed E-state index contributed by atoms with van der Waals surface area (Å²) in [5.74, 6) is 5.74. The van der Waals surface area contributed by atoms with Gasteiger partial charge in [0, 0.05) is 109 Å². The van der Waals surface area contributed by atoms with Crippen LogP contribution in [0.2, 0.25) is 5.02 Å². The molecule has 2 amide bonds. The molecule has 2 N–H and O–H groups in total. The van der Waals surface area contributed by atoms with E-state index in [1.807, 2.05) is 150 Å². The van der Waals surface area contributed by atoms with Crippen LogP contribution >= 0.6 is 11.6 Å². The van der Waals surface area contributed by atoms with E-state index in [9.17, 15) is 32.3 Å².